The molecule has 5 rings (SSSR count). The molecule has 2 aliphatic rings. The van der Waals surface area contributed by atoms with Crippen LogP contribution in [0.15, 0.2) is 54.7 Å². The van der Waals surface area contributed by atoms with Gasteiger partial charge in [0.15, 0.2) is 0 Å². The molecular formula is C28H25F4N3O2. The molecule has 9 heteroatoms. The summed E-state index contributed by atoms with van der Waals surface area (Å²) in [6, 6.07) is 11.3. The third-order valence-electron chi connectivity index (χ3n) is 7.30. The summed E-state index contributed by atoms with van der Waals surface area (Å²) in [5.41, 5.74) is 1.68. The third kappa shape index (κ3) is 4.47. The number of imide groups is 1. The fourth-order valence-electron chi connectivity index (χ4n) is 5.41. The van der Waals surface area contributed by atoms with E-state index in [1.54, 1.807) is 31.2 Å². The summed E-state index contributed by atoms with van der Waals surface area (Å²) >= 11 is 0. The molecule has 5 nitrogen and oxygen atoms in total. The lowest BCUT2D eigenvalue weighted by atomic mass is 9.88. The fourth-order valence-corrected chi connectivity index (χ4v) is 5.41. The van der Waals surface area contributed by atoms with Gasteiger partial charge in [0.25, 0.3) is 11.8 Å². The summed E-state index contributed by atoms with van der Waals surface area (Å²) in [5.74, 6) is -1.15. The number of hydrogen-bond donors (Lipinski definition) is 0. The van der Waals surface area contributed by atoms with E-state index in [1.807, 2.05) is 11.8 Å². The Morgan fingerprint density at radius 2 is 1.70 bits per heavy atom. The van der Waals surface area contributed by atoms with Crippen molar-refractivity contribution in [2.45, 2.75) is 38.9 Å². The molecule has 3 aromatic rings. The standard InChI is InChI=1S/C28H25F4N3O2/c1-16-6-5-11-34(24(16)15-35-26(36)20-7-3-4-8-21(20)27(35)37)23-13-19(29)12-17(2)25(23)22-10-9-18(14-33-22)28(30,31)32/h3-4,7-10,12-14,16,24H,5-6,11,15H2,1-2H3/t16-,24-/m1/s1. The van der Waals surface area contributed by atoms with Crippen molar-refractivity contribution in [1.29, 1.82) is 0 Å². The fraction of sp³-hybridized carbons (Fsp3) is 0.321. The van der Waals surface area contributed by atoms with E-state index in [-0.39, 0.29) is 30.3 Å². The lowest BCUT2D eigenvalue weighted by Crippen LogP contribution is -2.52. The van der Waals surface area contributed by atoms with Crippen molar-refractivity contribution in [1.82, 2.24) is 9.88 Å². The van der Waals surface area contributed by atoms with Gasteiger partial charge in [-0.3, -0.25) is 19.5 Å². The van der Waals surface area contributed by atoms with Gasteiger partial charge >= 0.3 is 6.18 Å². The van der Waals surface area contributed by atoms with Crippen LogP contribution in [0.3, 0.4) is 0 Å². The lowest BCUT2D eigenvalue weighted by Gasteiger charge is -2.43. The van der Waals surface area contributed by atoms with Crippen LogP contribution < -0.4 is 4.90 Å². The molecule has 2 atom stereocenters. The number of aromatic nitrogens is 1. The van der Waals surface area contributed by atoms with E-state index in [1.165, 1.54) is 23.1 Å². The van der Waals surface area contributed by atoms with Crippen LogP contribution in [0.5, 0.6) is 0 Å². The molecule has 1 fully saturated rings. The van der Waals surface area contributed by atoms with Crippen molar-refractivity contribution in [2.75, 3.05) is 18.0 Å². The lowest BCUT2D eigenvalue weighted by molar-refractivity contribution is -0.137. The zero-order valence-electron chi connectivity index (χ0n) is 20.3. The summed E-state index contributed by atoms with van der Waals surface area (Å²) in [7, 11) is 0. The molecule has 37 heavy (non-hydrogen) atoms. The third-order valence-corrected chi connectivity index (χ3v) is 7.30. The van der Waals surface area contributed by atoms with Gasteiger partial charge < -0.3 is 4.90 Å². The molecule has 3 heterocycles. The number of pyridine rings is 1. The Morgan fingerprint density at radius 3 is 2.30 bits per heavy atom. The number of aryl methyl sites for hydroxylation is 1. The largest absolute Gasteiger partial charge is 0.417 e. The number of carbonyl (C=O) groups is 2. The van der Waals surface area contributed by atoms with Crippen molar-refractivity contribution >= 4 is 17.5 Å². The molecule has 0 N–H and O–H groups in total. The van der Waals surface area contributed by atoms with Crippen LogP contribution in [0, 0.1) is 18.7 Å². The first-order valence-corrected chi connectivity index (χ1v) is 12.1. The van der Waals surface area contributed by atoms with E-state index in [9.17, 15) is 27.2 Å². The second-order valence-corrected chi connectivity index (χ2v) is 9.69. The van der Waals surface area contributed by atoms with Gasteiger partial charge in [-0.15, -0.1) is 0 Å². The molecule has 0 bridgehead atoms. The predicted molar refractivity (Wildman–Crippen MR) is 131 cm³/mol. The van der Waals surface area contributed by atoms with E-state index >= 15 is 0 Å². The number of halogens is 4. The minimum atomic E-state index is -4.52. The monoisotopic (exact) mass is 511 g/mol. The first-order valence-electron chi connectivity index (χ1n) is 12.1. The molecule has 1 saturated heterocycles. The molecule has 2 aromatic carbocycles. The van der Waals surface area contributed by atoms with Crippen molar-refractivity contribution in [2.24, 2.45) is 5.92 Å². The van der Waals surface area contributed by atoms with Gasteiger partial charge in [-0.2, -0.15) is 13.2 Å². The number of hydrogen-bond acceptors (Lipinski definition) is 4. The van der Waals surface area contributed by atoms with Gasteiger partial charge in [0.1, 0.15) is 5.82 Å². The molecule has 0 spiro atoms. The van der Waals surface area contributed by atoms with Crippen molar-refractivity contribution in [3.63, 3.8) is 0 Å². The van der Waals surface area contributed by atoms with Crippen LogP contribution in [0.1, 0.15) is 51.6 Å². The highest BCUT2D eigenvalue weighted by Crippen LogP contribution is 2.40. The number of benzene rings is 2. The Hall–Kier alpha value is -3.75. The SMILES string of the molecule is Cc1cc(F)cc(N2CCC[C@@H](C)[C@H]2CN2C(=O)c3ccccc3C2=O)c1-c1ccc(C(F)(F)F)cn1. The van der Waals surface area contributed by atoms with Gasteiger partial charge in [-0.1, -0.05) is 19.1 Å². The minimum absolute atomic E-state index is 0.0649. The molecule has 2 aliphatic heterocycles. The Balaban J connectivity index is 1.54. The first kappa shape index (κ1) is 24.9. The van der Waals surface area contributed by atoms with Gasteiger partial charge in [-0.25, -0.2) is 4.39 Å². The van der Waals surface area contributed by atoms with Gasteiger partial charge in [0.2, 0.25) is 0 Å². The molecule has 0 unspecified atom stereocenters. The first-order chi connectivity index (χ1) is 17.6. The van der Waals surface area contributed by atoms with Gasteiger partial charge in [0, 0.05) is 36.6 Å². The molecule has 1 aromatic heterocycles. The molecule has 0 saturated carbocycles. The number of piperidine rings is 1. The maximum Gasteiger partial charge on any atom is 0.417 e. The van der Waals surface area contributed by atoms with Crippen LogP contribution in [0.25, 0.3) is 11.3 Å². The predicted octanol–water partition coefficient (Wildman–Crippen LogP) is 6.12. The van der Waals surface area contributed by atoms with Crippen molar-refractivity contribution in [3.8, 4) is 11.3 Å². The van der Waals surface area contributed by atoms with E-state index in [0.717, 1.165) is 25.1 Å². The molecule has 2 amide bonds. The highest BCUT2D eigenvalue weighted by Gasteiger charge is 2.40. The second-order valence-electron chi connectivity index (χ2n) is 9.69. The smallest absolute Gasteiger partial charge is 0.366 e. The summed E-state index contributed by atoms with van der Waals surface area (Å²) in [6.07, 6.45) is -2.09. The van der Waals surface area contributed by atoms with E-state index < -0.39 is 17.6 Å². The Morgan fingerprint density at radius 1 is 1.03 bits per heavy atom. The Bertz CT molecular complexity index is 1340. The Kier molecular flexibility index (Phi) is 6.25. The molecule has 0 radical (unpaired) electrons. The minimum Gasteiger partial charge on any atom is -0.366 e. The van der Waals surface area contributed by atoms with Crippen LogP contribution in [-0.2, 0) is 6.18 Å². The van der Waals surface area contributed by atoms with Crippen LogP contribution >= 0.6 is 0 Å². The highest BCUT2D eigenvalue weighted by atomic mass is 19.4. The summed E-state index contributed by atoms with van der Waals surface area (Å²) in [5, 5.41) is 0. The zero-order chi connectivity index (χ0) is 26.5. The number of rotatable bonds is 4. The molecule has 0 aliphatic carbocycles. The topological polar surface area (TPSA) is 53.5 Å². The van der Waals surface area contributed by atoms with Crippen LogP contribution in [0.4, 0.5) is 23.2 Å². The number of anilines is 1. The maximum absolute atomic E-state index is 14.7. The van der Waals surface area contributed by atoms with E-state index in [4.69, 9.17) is 0 Å². The number of alkyl halides is 3. The normalized spacial score (nSPS) is 19.9. The molecular weight excluding hydrogens is 486 g/mol. The maximum atomic E-state index is 14.7. The van der Waals surface area contributed by atoms with E-state index in [0.29, 0.717) is 40.2 Å². The van der Waals surface area contributed by atoms with Crippen molar-refractivity contribution in [3.05, 3.63) is 82.8 Å². The quantitative estimate of drug-likeness (QED) is 0.313. The number of carbonyl (C=O) groups excluding carboxylic acids is 2. The van der Waals surface area contributed by atoms with Crippen molar-refractivity contribution < 1.29 is 27.2 Å². The van der Waals surface area contributed by atoms with Gasteiger partial charge in [0.05, 0.1) is 22.4 Å². The highest BCUT2D eigenvalue weighted by molar-refractivity contribution is 6.21. The van der Waals surface area contributed by atoms with E-state index in [2.05, 4.69) is 4.98 Å². The number of amides is 2. The van der Waals surface area contributed by atoms with Gasteiger partial charge in [-0.05, 0) is 67.6 Å². The van der Waals surface area contributed by atoms with Crippen LogP contribution in [-0.4, -0.2) is 40.8 Å². The average molecular weight is 512 g/mol. The number of fused-ring (bicyclic) bond motifs is 1. The average Bonchev–Trinajstić information content (AvgIpc) is 3.09. The summed E-state index contributed by atoms with van der Waals surface area (Å²) in [4.78, 5) is 33.4. The number of nitrogens with zero attached hydrogens (tertiary/aromatic N) is 3. The van der Waals surface area contributed by atoms with Crippen LogP contribution in [0.2, 0.25) is 0 Å². The summed E-state index contributed by atoms with van der Waals surface area (Å²) < 4.78 is 54.1. The summed E-state index contributed by atoms with van der Waals surface area (Å²) in [6.45, 7) is 4.36. The zero-order valence-corrected chi connectivity index (χ0v) is 20.3. The Labute approximate surface area is 211 Å². The second kappa shape index (κ2) is 9.28. The molecule has 192 valence electrons.